The third kappa shape index (κ3) is 2.96. The van der Waals surface area contributed by atoms with Crippen LogP contribution >= 0.6 is 35.1 Å². The molecule has 1 aliphatic heterocycles. The van der Waals surface area contributed by atoms with Gasteiger partial charge in [-0.25, -0.2) is 4.99 Å². The summed E-state index contributed by atoms with van der Waals surface area (Å²) in [6.07, 6.45) is 1.22. The molecule has 0 bridgehead atoms. The number of hydrogen-bond acceptors (Lipinski definition) is 3. The Kier molecular flexibility index (Phi) is 4.22. The number of rotatable bonds is 2. The fraction of sp³-hybridized carbons (Fsp3) is 0.417. The Morgan fingerprint density at radius 3 is 2.94 bits per heavy atom. The van der Waals surface area contributed by atoms with Crippen molar-refractivity contribution in [2.75, 3.05) is 5.75 Å². The highest BCUT2D eigenvalue weighted by atomic mass is 35.5. The molecular formula is C12H14ClNS2. The zero-order valence-corrected chi connectivity index (χ0v) is 11.8. The van der Waals surface area contributed by atoms with Crippen molar-refractivity contribution in [2.24, 2.45) is 4.99 Å². The van der Waals surface area contributed by atoms with Gasteiger partial charge in [0.05, 0.1) is 5.69 Å². The fourth-order valence-electron chi connectivity index (χ4n) is 1.48. The Labute approximate surface area is 110 Å². The summed E-state index contributed by atoms with van der Waals surface area (Å²) in [7, 11) is 0. The summed E-state index contributed by atoms with van der Waals surface area (Å²) < 4.78 is 1.19. The Hall–Kier alpha value is -0.120. The predicted octanol–water partition coefficient (Wildman–Crippen LogP) is 4.89. The summed E-state index contributed by atoms with van der Waals surface area (Å²) in [6.45, 7) is 4.28. The number of aliphatic imine (C=N–C) groups is 1. The molecule has 86 valence electrons. The minimum atomic E-state index is 0.733. The van der Waals surface area contributed by atoms with Gasteiger partial charge in [0, 0.05) is 16.0 Å². The second-order valence-corrected chi connectivity index (χ2v) is 6.76. The molecule has 2 rings (SSSR count). The molecule has 1 atom stereocenters. The van der Waals surface area contributed by atoms with Gasteiger partial charge in [0.25, 0.3) is 0 Å². The van der Waals surface area contributed by atoms with Gasteiger partial charge in [-0.1, -0.05) is 42.0 Å². The highest BCUT2D eigenvalue weighted by molar-refractivity contribution is 8.41. The number of hydrogen-bond donors (Lipinski definition) is 0. The average Bonchev–Trinajstić information content (AvgIpc) is 2.70. The van der Waals surface area contributed by atoms with Crippen LogP contribution in [0.5, 0.6) is 0 Å². The van der Waals surface area contributed by atoms with E-state index < -0.39 is 0 Å². The highest BCUT2D eigenvalue weighted by Crippen LogP contribution is 2.37. The van der Waals surface area contributed by atoms with E-state index in [2.05, 4.69) is 11.9 Å². The minimum absolute atomic E-state index is 0.733. The molecule has 1 heterocycles. The van der Waals surface area contributed by atoms with Gasteiger partial charge in [0.15, 0.2) is 0 Å². The number of thioether (sulfide) groups is 2. The maximum atomic E-state index is 5.92. The van der Waals surface area contributed by atoms with Crippen LogP contribution < -0.4 is 0 Å². The lowest BCUT2D eigenvalue weighted by molar-refractivity contribution is 0.926. The van der Waals surface area contributed by atoms with Gasteiger partial charge in [-0.2, -0.15) is 0 Å². The normalized spacial score (nSPS) is 22.9. The summed E-state index contributed by atoms with van der Waals surface area (Å²) in [5.41, 5.74) is 2.18. The van der Waals surface area contributed by atoms with Gasteiger partial charge < -0.3 is 0 Å². The Morgan fingerprint density at radius 2 is 2.31 bits per heavy atom. The Morgan fingerprint density at radius 1 is 1.50 bits per heavy atom. The lowest BCUT2D eigenvalue weighted by Gasteiger charge is -2.02. The van der Waals surface area contributed by atoms with Crippen LogP contribution in [0.25, 0.3) is 0 Å². The van der Waals surface area contributed by atoms with Gasteiger partial charge in [-0.3, -0.25) is 0 Å². The van der Waals surface area contributed by atoms with Crippen molar-refractivity contribution in [1.82, 2.24) is 0 Å². The molecule has 1 unspecified atom stereocenters. The first-order valence-electron chi connectivity index (χ1n) is 5.33. The summed E-state index contributed by atoms with van der Waals surface area (Å²) in [5, 5.41) is 1.51. The van der Waals surface area contributed by atoms with E-state index >= 15 is 0 Å². The Balaban J connectivity index is 2.17. The molecule has 1 aromatic carbocycles. The van der Waals surface area contributed by atoms with E-state index in [4.69, 9.17) is 11.6 Å². The summed E-state index contributed by atoms with van der Waals surface area (Å²) in [4.78, 5) is 4.68. The van der Waals surface area contributed by atoms with Crippen LogP contribution in [-0.2, 0) is 0 Å². The first-order valence-corrected chi connectivity index (χ1v) is 7.57. The van der Waals surface area contributed by atoms with E-state index in [0.717, 1.165) is 21.5 Å². The topological polar surface area (TPSA) is 12.4 Å². The van der Waals surface area contributed by atoms with E-state index in [9.17, 15) is 0 Å². The monoisotopic (exact) mass is 271 g/mol. The molecule has 0 aliphatic carbocycles. The minimum Gasteiger partial charge on any atom is -0.235 e. The van der Waals surface area contributed by atoms with Gasteiger partial charge in [0.2, 0.25) is 0 Å². The van der Waals surface area contributed by atoms with Crippen molar-refractivity contribution >= 4 is 45.2 Å². The average molecular weight is 272 g/mol. The molecule has 0 saturated carbocycles. The lowest BCUT2D eigenvalue weighted by Crippen LogP contribution is -1.96. The van der Waals surface area contributed by atoms with Crippen molar-refractivity contribution in [3.05, 3.63) is 28.8 Å². The third-order valence-electron chi connectivity index (χ3n) is 2.49. The van der Waals surface area contributed by atoms with Gasteiger partial charge >= 0.3 is 0 Å². The number of aryl methyl sites for hydroxylation is 1. The van der Waals surface area contributed by atoms with Crippen LogP contribution in [-0.4, -0.2) is 15.4 Å². The smallest absolute Gasteiger partial charge is 0.130 e. The van der Waals surface area contributed by atoms with Crippen LogP contribution in [0.1, 0.15) is 18.9 Å². The van der Waals surface area contributed by atoms with Crippen molar-refractivity contribution in [2.45, 2.75) is 25.5 Å². The van der Waals surface area contributed by atoms with Crippen LogP contribution in [0.2, 0.25) is 5.02 Å². The van der Waals surface area contributed by atoms with Gasteiger partial charge in [0.1, 0.15) is 4.38 Å². The summed E-state index contributed by atoms with van der Waals surface area (Å²) in [5.74, 6) is 1.19. The fourth-order valence-corrected chi connectivity index (χ4v) is 4.39. The SMILES string of the molecule is CCC1CS/C(=N\c2ccc(Cl)cc2C)S1. The molecule has 0 aromatic heterocycles. The molecular weight excluding hydrogens is 258 g/mol. The van der Waals surface area contributed by atoms with Crippen molar-refractivity contribution < 1.29 is 0 Å². The van der Waals surface area contributed by atoms with Crippen LogP contribution in [0, 0.1) is 6.92 Å². The molecule has 1 aromatic rings. The van der Waals surface area contributed by atoms with E-state index in [-0.39, 0.29) is 0 Å². The predicted molar refractivity (Wildman–Crippen MR) is 77.4 cm³/mol. The van der Waals surface area contributed by atoms with Gasteiger partial charge in [-0.05, 0) is 37.1 Å². The van der Waals surface area contributed by atoms with Crippen LogP contribution in [0.15, 0.2) is 23.2 Å². The maximum Gasteiger partial charge on any atom is 0.130 e. The second kappa shape index (κ2) is 5.48. The van der Waals surface area contributed by atoms with E-state index in [1.807, 2.05) is 48.6 Å². The molecule has 1 nitrogen and oxygen atoms in total. The molecule has 4 heteroatoms. The number of nitrogens with zero attached hydrogens (tertiary/aromatic N) is 1. The Bertz CT molecular complexity index is 417. The summed E-state index contributed by atoms with van der Waals surface area (Å²) >= 11 is 9.68. The largest absolute Gasteiger partial charge is 0.235 e. The molecule has 1 aliphatic rings. The molecule has 0 amide bonds. The molecule has 1 saturated heterocycles. The summed E-state index contributed by atoms with van der Waals surface area (Å²) in [6, 6.07) is 5.85. The zero-order chi connectivity index (χ0) is 11.5. The van der Waals surface area contributed by atoms with Crippen molar-refractivity contribution in [3.8, 4) is 0 Å². The zero-order valence-electron chi connectivity index (χ0n) is 9.37. The van der Waals surface area contributed by atoms with Gasteiger partial charge in [-0.15, -0.1) is 0 Å². The highest BCUT2D eigenvalue weighted by Gasteiger charge is 2.20. The number of benzene rings is 1. The van der Waals surface area contributed by atoms with Crippen LogP contribution in [0.4, 0.5) is 5.69 Å². The van der Waals surface area contributed by atoms with Crippen molar-refractivity contribution in [1.29, 1.82) is 0 Å². The second-order valence-electron chi connectivity index (χ2n) is 3.77. The maximum absolute atomic E-state index is 5.92. The standard InChI is InChI=1S/C12H14ClNS2/c1-3-10-7-15-12(16-10)14-11-5-4-9(13)6-8(11)2/h4-6,10H,3,7H2,1-2H3/b14-12+. The number of halogens is 1. The molecule has 0 spiro atoms. The van der Waals surface area contributed by atoms with E-state index in [1.54, 1.807) is 0 Å². The molecule has 0 N–H and O–H groups in total. The van der Waals surface area contributed by atoms with Crippen LogP contribution in [0.3, 0.4) is 0 Å². The molecule has 0 radical (unpaired) electrons. The molecule has 16 heavy (non-hydrogen) atoms. The first-order chi connectivity index (χ1) is 7.69. The van der Waals surface area contributed by atoms with Crippen molar-refractivity contribution in [3.63, 3.8) is 0 Å². The quantitative estimate of drug-likeness (QED) is 0.759. The molecule has 1 fully saturated rings. The van der Waals surface area contributed by atoms with E-state index in [0.29, 0.717) is 0 Å². The third-order valence-corrected chi connectivity index (χ3v) is 5.61. The first kappa shape index (κ1) is 12.3. The lowest BCUT2D eigenvalue weighted by atomic mass is 10.2. The van der Waals surface area contributed by atoms with E-state index in [1.165, 1.54) is 16.5 Å².